The Balaban J connectivity index is 2.35. The highest BCUT2D eigenvalue weighted by atomic mass is 16.3. The molecule has 1 aliphatic rings. The van der Waals surface area contributed by atoms with Crippen molar-refractivity contribution in [1.82, 2.24) is 0 Å². The van der Waals surface area contributed by atoms with E-state index in [1.54, 1.807) is 0 Å². The average molecular weight is 129 g/mol. The van der Waals surface area contributed by atoms with Crippen molar-refractivity contribution in [3.8, 4) is 0 Å². The maximum absolute atomic E-state index is 9.44. The molecule has 0 aromatic rings. The van der Waals surface area contributed by atoms with Gasteiger partial charge in [-0.3, -0.25) is 0 Å². The lowest BCUT2D eigenvalue weighted by Gasteiger charge is -2.30. The Labute approximate surface area is 56.1 Å². The van der Waals surface area contributed by atoms with Crippen molar-refractivity contribution in [1.29, 1.82) is 0 Å². The zero-order valence-electron chi connectivity index (χ0n) is 5.93. The molecule has 1 saturated carbocycles. The van der Waals surface area contributed by atoms with Crippen LogP contribution in [-0.2, 0) is 0 Å². The van der Waals surface area contributed by atoms with Crippen LogP contribution in [-0.4, -0.2) is 16.7 Å². The van der Waals surface area contributed by atoms with Crippen LogP contribution in [0.3, 0.4) is 0 Å². The Morgan fingerprint density at radius 3 is 2.22 bits per heavy atom. The van der Waals surface area contributed by atoms with Gasteiger partial charge in [0.05, 0.1) is 5.60 Å². The summed E-state index contributed by atoms with van der Waals surface area (Å²) in [5.41, 5.74) is 5.22. The summed E-state index contributed by atoms with van der Waals surface area (Å²) >= 11 is 0. The van der Waals surface area contributed by atoms with E-state index in [0.29, 0.717) is 6.04 Å². The van der Waals surface area contributed by atoms with Crippen LogP contribution in [0.4, 0.5) is 0 Å². The molecular weight excluding hydrogens is 114 g/mol. The predicted molar refractivity (Wildman–Crippen MR) is 37.1 cm³/mol. The summed E-state index contributed by atoms with van der Waals surface area (Å²) in [5, 5.41) is 9.44. The highest BCUT2D eigenvalue weighted by molar-refractivity contribution is 4.82. The monoisotopic (exact) mass is 129 g/mol. The third-order valence-corrected chi connectivity index (χ3v) is 2.11. The lowest BCUT2D eigenvalue weighted by molar-refractivity contribution is 0.0178. The Kier molecular flexibility index (Phi) is 1.78. The predicted octanol–water partition coefficient (Wildman–Crippen LogP) is 0.639. The standard InChI is InChI=1S/C7H15NO/c1-7(9)4-2-6(8)3-5-7/h6,9H,2-5,8H2,1H3/t6-,7+. The van der Waals surface area contributed by atoms with E-state index in [4.69, 9.17) is 5.73 Å². The van der Waals surface area contributed by atoms with Gasteiger partial charge in [-0.15, -0.1) is 0 Å². The molecule has 0 heterocycles. The molecule has 54 valence electrons. The van der Waals surface area contributed by atoms with Crippen molar-refractivity contribution < 1.29 is 5.11 Å². The summed E-state index contributed by atoms with van der Waals surface area (Å²) in [5.74, 6) is 0. The van der Waals surface area contributed by atoms with Gasteiger partial charge in [0.2, 0.25) is 0 Å². The minimum Gasteiger partial charge on any atom is -0.390 e. The van der Waals surface area contributed by atoms with E-state index in [2.05, 4.69) is 0 Å². The molecule has 0 radical (unpaired) electrons. The molecule has 0 bridgehead atoms. The average Bonchev–Trinajstić information content (AvgIpc) is 1.78. The lowest BCUT2D eigenvalue weighted by Crippen LogP contribution is -2.36. The van der Waals surface area contributed by atoms with Crippen LogP contribution < -0.4 is 5.73 Å². The van der Waals surface area contributed by atoms with Crippen LogP contribution in [0.5, 0.6) is 0 Å². The Morgan fingerprint density at radius 1 is 1.44 bits per heavy atom. The van der Waals surface area contributed by atoms with Gasteiger partial charge in [-0.1, -0.05) is 0 Å². The van der Waals surface area contributed by atoms with E-state index < -0.39 is 5.60 Å². The molecule has 0 saturated heterocycles. The second-order valence-electron chi connectivity index (χ2n) is 3.33. The van der Waals surface area contributed by atoms with Crippen molar-refractivity contribution in [2.75, 3.05) is 0 Å². The highest BCUT2D eigenvalue weighted by Gasteiger charge is 2.26. The fourth-order valence-corrected chi connectivity index (χ4v) is 1.26. The smallest absolute Gasteiger partial charge is 0.0621 e. The molecule has 0 atom stereocenters. The number of aliphatic hydroxyl groups is 1. The second kappa shape index (κ2) is 2.27. The van der Waals surface area contributed by atoms with Gasteiger partial charge in [0.15, 0.2) is 0 Å². The molecule has 3 N–H and O–H groups in total. The molecule has 1 rings (SSSR count). The zero-order chi connectivity index (χ0) is 6.91. The maximum atomic E-state index is 9.44. The van der Waals surface area contributed by atoms with E-state index in [0.717, 1.165) is 25.7 Å². The van der Waals surface area contributed by atoms with Crippen molar-refractivity contribution in [2.24, 2.45) is 5.73 Å². The van der Waals surface area contributed by atoms with Crippen LogP contribution in [0.2, 0.25) is 0 Å². The molecule has 0 unspecified atom stereocenters. The van der Waals surface area contributed by atoms with Crippen molar-refractivity contribution >= 4 is 0 Å². The van der Waals surface area contributed by atoms with Gasteiger partial charge >= 0.3 is 0 Å². The zero-order valence-corrected chi connectivity index (χ0v) is 5.93. The van der Waals surface area contributed by atoms with Crippen LogP contribution >= 0.6 is 0 Å². The topological polar surface area (TPSA) is 46.2 Å². The first-order valence-corrected chi connectivity index (χ1v) is 3.58. The SMILES string of the molecule is C[C@]1(O)CC[C@@H](N)CC1. The lowest BCUT2D eigenvalue weighted by atomic mass is 9.84. The summed E-state index contributed by atoms with van der Waals surface area (Å²) in [6, 6.07) is 0.338. The van der Waals surface area contributed by atoms with Crippen LogP contribution in [0.15, 0.2) is 0 Å². The first kappa shape index (κ1) is 7.03. The van der Waals surface area contributed by atoms with E-state index in [1.807, 2.05) is 6.92 Å². The molecule has 0 aromatic carbocycles. The molecular formula is C7H15NO. The van der Waals surface area contributed by atoms with Gasteiger partial charge in [-0.25, -0.2) is 0 Å². The van der Waals surface area contributed by atoms with Crippen molar-refractivity contribution in [3.05, 3.63) is 0 Å². The van der Waals surface area contributed by atoms with Gasteiger partial charge < -0.3 is 10.8 Å². The molecule has 2 nitrogen and oxygen atoms in total. The number of hydrogen-bond acceptors (Lipinski definition) is 2. The van der Waals surface area contributed by atoms with E-state index >= 15 is 0 Å². The largest absolute Gasteiger partial charge is 0.390 e. The van der Waals surface area contributed by atoms with E-state index in [-0.39, 0.29) is 0 Å². The molecule has 0 amide bonds. The fourth-order valence-electron chi connectivity index (χ4n) is 1.26. The molecule has 1 fully saturated rings. The fraction of sp³-hybridized carbons (Fsp3) is 1.00. The molecule has 0 spiro atoms. The van der Waals surface area contributed by atoms with Gasteiger partial charge in [0.25, 0.3) is 0 Å². The number of hydrogen-bond donors (Lipinski definition) is 2. The number of rotatable bonds is 0. The third-order valence-electron chi connectivity index (χ3n) is 2.11. The van der Waals surface area contributed by atoms with Crippen molar-refractivity contribution in [3.63, 3.8) is 0 Å². The summed E-state index contributed by atoms with van der Waals surface area (Å²) in [6.07, 6.45) is 3.70. The van der Waals surface area contributed by atoms with Crippen LogP contribution in [0.25, 0.3) is 0 Å². The normalized spacial score (nSPS) is 45.0. The third kappa shape index (κ3) is 1.95. The minimum absolute atomic E-state index is 0.338. The quantitative estimate of drug-likeness (QED) is 0.504. The minimum atomic E-state index is -0.421. The molecule has 1 aliphatic carbocycles. The Morgan fingerprint density at radius 2 is 1.89 bits per heavy atom. The molecule has 9 heavy (non-hydrogen) atoms. The summed E-state index contributed by atoms with van der Waals surface area (Å²) in [7, 11) is 0. The Hall–Kier alpha value is -0.0800. The van der Waals surface area contributed by atoms with E-state index in [9.17, 15) is 5.11 Å². The van der Waals surface area contributed by atoms with Gasteiger partial charge in [-0.2, -0.15) is 0 Å². The highest BCUT2D eigenvalue weighted by Crippen LogP contribution is 2.26. The maximum Gasteiger partial charge on any atom is 0.0621 e. The first-order valence-electron chi connectivity index (χ1n) is 3.58. The van der Waals surface area contributed by atoms with Crippen molar-refractivity contribution in [2.45, 2.75) is 44.2 Å². The van der Waals surface area contributed by atoms with Gasteiger partial charge in [-0.05, 0) is 32.6 Å². The number of nitrogens with two attached hydrogens (primary N) is 1. The molecule has 0 aliphatic heterocycles. The van der Waals surface area contributed by atoms with Gasteiger partial charge in [0.1, 0.15) is 0 Å². The molecule has 0 aromatic heterocycles. The van der Waals surface area contributed by atoms with Crippen LogP contribution in [0, 0.1) is 0 Å². The summed E-state index contributed by atoms with van der Waals surface area (Å²) in [6.45, 7) is 1.89. The summed E-state index contributed by atoms with van der Waals surface area (Å²) < 4.78 is 0. The second-order valence-corrected chi connectivity index (χ2v) is 3.33. The molecule has 2 heteroatoms. The first-order chi connectivity index (χ1) is 4.10. The Bertz CT molecular complexity index is 91.1. The van der Waals surface area contributed by atoms with E-state index in [1.165, 1.54) is 0 Å². The summed E-state index contributed by atoms with van der Waals surface area (Å²) in [4.78, 5) is 0. The van der Waals surface area contributed by atoms with Gasteiger partial charge in [0, 0.05) is 6.04 Å². The van der Waals surface area contributed by atoms with Crippen LogP contribution in [0.1, 0.15) is 32.6 Å².